The fraction of sp³-hybridized carbons (Fsp3) is 0.462. The molecule has 2 heterocycles. The first kappa shape index (κ1) is 22.8. The first-order chi connectivity index (χ1) is 15.4. The number of carbonyl (C=O) groups is 2. The zero-order valence-corrected chi connectivity index (χ0v) is 19.6. The van der Waals surface area contributed by atoms with Crippen LogP contribution in [-0.2, 0) is 17.9 Å². The Balaban J connectivity index is 1.28. The van der Waals surface area contributed by atoms with Gasteiger partial charge in [0.25, 0.3) is 5.91 Å². The zero-order chi connectivity index (χ0) is 22.7. The summed E-state index contributed by atoms with van der Waals surface area (Å²) in [6.45, 7) is 8.13. The van der Waals surface area contributed by atoms with Crippen LogP contribution in [0.4, 0.5) is 0 Å². The molecule has 0 radical (unpaired) electrons. The van der Waals surface area contributed by atoms with Crippen LogP contribution in [0.1, 0.15) is 48.2 Å². The van der Waals surface area contributed by atoms with Crippen molar-refractivity contribution in [2.45, 2.75) is 45.8 Å². The van der Waals surface area contributed by atoms with Crippen LogP contribution in [-0.4, -0.2) is 47.3 Å². The number of likely N-dealkylation sites (tertiary alicyclic amines) is 1. The zero-order valence-electron chi connectivity index (χ0n) is 18.9. The number of hydrogen-bond acceptors (Lipinski definition) is 3. The molecule has 1 fully saturated rings. The summed E-state index contributed by atoms with van der Waals surface area (Å²) in [5.41, 5.74) is 2.96. The lowest BCUT2D eigenvalue weighted by atomic mass is 9.95. The van der Waals surface area contributed by atoms with Gasteiger partial charge in [0.05, 0.1) is 0 Å². The first-order valence-corrected chi connectivity index (χ1v) is 11.9. The number of hydrogen-bond donors (Lipinski definition) is 1. The monoisotopic (exact) mass is 453 g/mol. The third-order valence-corrected chi connectivity index (χ3v) is 6.89. The Bertz CT molecular complexity index is 969. The smallest absolute Gasteiger partial charge is 0.255 e. The molecule has 2 aromatic rings. The molecule has 2 aromatic carbocycles. The maximum Gasteiger partial charge on any atom is 0.255 e. The first-order valence-electron chi connectivity index (χ1n) is 11.6. The van der Waals surface area contributed by atoms with Crippen molar-refractivity contribution < 1.29 is 9.59 Å². The summed E-state index contributed by atoms with van der Waals surface area (Å²) >= 11 is 6.10. The van der Waals surface area contributed by atoms with Crippen LogP contribution >= 0.6 is 11.6 Å². The highest BCUT2D eigenvalue weighted by molar-refractivity contribution is 6.30. The van der Waals surface area contributed by atoms with Crippen LogP contribution in [0, 0.1) is 11.8 Å². The van der Waals surface area contributed by atoms with E-state index in [4.69, 9.17) is 11.6 Å². The van der Waals surface area contributed by atoms with Gasteiger partial charge in [-0.2, -0.15) is 0 Å². The Morgan fingerprint density at radius 2 is 1.88 bits per heavy atom. The molecule has 0 bridgehead atoms. The number of amides is 2. The average molecular weight is 454 g/mol. The molecule has 0 spiro atoms. The molecule has 5 nitrogen and oxygen atoms in total. The third kappa shape index (κ3) is 5.16. The van der Waals surface area contributed by atoms with Crippen molar-refractivity contribution in [3.8, 4) is 0 Å². The fourth-order valence-corrected chi connectivity index (χ4v) is 5.11. The highest BCUT2D eigenvalue weighted by Crippen LogP contribution is 2.27. The van der Waals surface area contributed by atoms with Crippen LogP contribution in [0.15, 0.2) is 48.5 Å². The molecule has 2 aliphatic heterocycles. The molecule has 4 rings (SSSR count). The minimum atomic E-state index is -0.446. The van der Waals surface area contributed by atoms with Crippen molar-refractivity contribution in [2.24, 2.45) is 11.8 Å². The summed E-state index contributed by atoms with van der Waals surface area (Å²) in [5, 5.41) is 3.94. The van der Waals surface area contributed by atoms with Crippen molar-refractivity contribution in [1.82, 2.24) is 15.1 Å². The van der Waals surface area contributed by atoms with E-state index in [1.807, 2.05) is 56.3 Å². The molecule has 0 unspecified atom stereocenters. The Labute approximate surface area is 195 Å². The molecule has 0 aromatic heterocycles. The molecule has 1 atom stereocenters. The van der Waals surface area contributed by atoms with Gasteiger partial charge < -0.3 is 10.2 Å². The van der Waals surface area contributed by atoms with E-state index in [1.165, 1.54) is 5.56 Å². The summed E-state index contributed by atoms with van der Waals surface area (Å²) in [6, 6.07) is 15.2. The molecular formula is C26H32ClN3O2. The topological polar surface area (TPSA) is 52.7 Å². The minimum absolute atomic E-state index is 0.0382. The highest BCUT2D eigenvalue weighted by atomic mass is 35.5. The largest absolute Gasteiger partial charge is 0.354 e. The quantitative estimate of drug-likeness (QED) is 0.678. The summed E-state index contributed by atoms with van der Waals surface area (Å²) in [5.74, 6) is 0.438. The van der Waals surface area contributed by atoms with Crippen LogP contribution in [0.5, 0.6) is 0 Å². The van der Waals surface area contributed by atoms with Gasteiger partial charge in [-0.05, 0) is 67.1 Å². The highest BCUT2D eigenvalue weighted by Gasteiger charge is 2.38. The minimum Gasteiger partial charge on any atom is -0.354 e. The van der Waals surface area contributed by atoms with E-state index >= 15 is 0 Å². The number of halogens is 1. The number of benzene rings is 2. The van der Waals surface area contributed by atoms with Crippen LogP contribution in [0.2, 0.25) is 5.02 Å². The van der Waals surface area contributed by atoms with Gasteiger partial charge in [-0.1, -0.05) is 55.8 Å². The molecule has 1 N–H and O–H groups in total. The molecule has 0 saturated carbocycles. The summed E-state index contributed by atoms with van der Waals surface area (Å²) < 4.78 is 0. The number of piperidine rings is 1. The van der Waals surface area contributed by atoms with E-state index in [-0.39, 0.29) is 17.7 Å². The van der Waals surface area contributed by atoms with Crippen LogP contribution in [0.25, 0.3) is 0 Å². The summed E-state index contributed by atoms with van der Waals surface area (Å²) in [7, 11) is 0. The van der Waals surface area contributed by atoms with Gasteiger partial charge >= 0.3 is 0 Å². The Hall–Kier alpha value is -2.37. The normalized spacial score (nSPS) is 18.1. The van der Waals surface area contributed by atoms with Crippen molar-refractivity contribution in [1.29, 1.82) is 0 Å². The Morgan fingerprint density at radius 3 is 2.56 bits per heavy atom. The third-order valence-electron chi connectivity index (χ3n) is 6.65. The van der Waals surface area contributed by atoms with Gasteiger partial charge in [0, 0.05) is 30.2 Å². The molecule has 2 aliphatic rings. The number of nitrogens with one attached hydrogen (secondary N) is 1. The molecular weight excluding hydrogens is 422 g/mol. The Kier molecular flexibility index (Phi) is 7.17. The molecule has 0 aliphatic carbocycles. The van der Waals surface area contributed by atoms with Gasteiger partial charge in [0.1, 0.15) is 6.04 Å². The van der Waals surface area contributed by atoms with Crippen molar-refractivity contribution in [3.63, 3.8) is 0 Å². The SMILES string of the molecule is CC(C)[C@H](C(=O)NCC1CCN(Cc2cccc(Cl)c2)CC1)N1Cc2ccccc2C1=O. The summed E-state index contributed by atoms with van der Waals surface area (Å²) in [4.78, 5) is 30.2. The summed E-state index contributed by atoms with van der Waals surface area (Å²) in [6.07, 6.45) is 2.11. The van der Waals surface area contributed by atoms with Crippen molar-refractivity contribution >= 4 is 23.4 Å². The molecule has 32 heavy (non-hydrogen) atoms. The van der Waals surface area contributed by atoms with E-state index in [2.05, 4.69) is 16.3 Å². The van der Waals surface area contributed by atoms with E-state index in [0.29, 0.717) is 19.0 Å². The van der Waals surface area contributed by atoms with E-state index in [0.717, 1.165) is 48.6 Å². The van der Waals surface area contributed by atoms with E-state index in [9.17, 15) is 9.59 Å². The average Bonchev–Trinajstić information content (AvgIpc) is 3.09. The molecule has 6 heteroatoms. The lowest BCUT2D eigenvalue weighted by molar-refractivity contribution is -0.127. The number of carbonyl (C=O) groups excluding carboxylic acids is 2. The van der Waals surface area contributed by atoms with Gasteiger partial charge in [-0.15, -0.1) is 0 Å². The predicted molar refractivity (Wildman–Crippen MR) is 127 cm³/mol. The van der Waals surface area contributed by atoms with Gasteiger partial charge in [0.2, 0.25) is 5.91 Å². The molecule has 1 saturated heterocycles. The van der Waals surface area contributed by atoms with Gasteiger partial charge in [-0.3, -0.25) is 14.5 Å². The predicted octanol–water partition coefficient (Wildman–Crippen LogP) is 4.35. The fourth-order valence-electron chi connectivity index (χ4n) is 4.90. The lowest BCUT2D eigenvalue weighted by Gasteiger charge is -2.33. The van der Waals surface area contributed by atoms with Crippen molar-refractivity contribution in [2.75, 3.05) is 19.6 Å². The second-order valence-electron chi connectivity index (χ2n) is 9.37. The maximum absolute atomic E-state index is 13.1. The van der Waals surface area contributed by atoms with E-state index < -0.39 is 6.04 Å². The Morgan fingerprint density at radius 1 is 1.12 bits per heavy atom. The number of fused-ring (bicyclic) bond motifs is 1. The van der Waals surface area contributed by atoms with Crippen molar-refractivity contribution in [3.05, 3.63) is 70.2 Å². The maximum atomic E-state index is 13.1. The van der Waals surface area contributed by atoms with Gasteiger partial charge in [-0.25, -0.2) is 0 Å². The van der Waals surface area contributed by atoms with Crippen LogP contribution in [0.3, 0.4) is 0 Å². The number of rotatable bonds is 7. The molecule has 2 amide bonds. The van der Waals surface area contributed by atoms with Crippen LogP contribution < -0.4 is 5.32 Å². The standard InChI is InChI=1S/C26H32ClN3O2/c1-18(2)24(30-17-21-7-3-4-9-23(21)26(30)32)25(31)28-15-19-10-12-29(13-11-19)16-20-6-5-8-22(27)14-20/h3-9,14,18-19,24H,10-13,15-17H2,1-2H3,(H,28,31)/t24-/m1/s1. The van der Waals surface area contributed by atoms with Gasteiger partial charge in [0.15, 0.2) is 0 Å². The second-order valence-corrected chi connectivity index (χ2v) is 9.81. The lowest BCUT2D eigenvalue weighted by Crippen LogP contribution is -2.51. The van der Waals surface area contributed by atoms with E-state index in [1.54, 1.807) is 4.90 Å². The number of nitrogens with zero attached hydrogens (tertiary/aromatic N) is 2. The second kappa shape index (κ2) is 10.1. The molecule has 170 valence electrons.